The van der Waals surface area contributed by atoms with Crippen molar-refractivity contribution in [3.8, 4) is 5.88 Å². The monoisotopic (exact) mass is 414 g/mol. The molecule has 2 N–H and O–H groups in total. The number of nitrogens with zero attached hydrogens (tertiary/aromatic N) is 2. The van der Waals surface area contributed by atoms with E-state index in [1.54, 1.807) is 6.20 Å². The zero-order valence-electron chi connectivity index (χ0n) is 18.6. The van der Waals surface area contributed by atoms with E-state index in [1.165, 1.54) is 44.9 Å². The summed E-state index contributed by atoms with van der Waals surface area (Å²) in [6.07, 6.45) is 12.0. The van der Waals surface area contributed by atoms with Crippen LogP contribution < -0.4 is 15.4 Å². The first-order valence-corrected chi connectivity index (χ1v) is 12.3. The van der Waals surface area contributed by atoms with E-state index in [-0.39, 0.29) is 12.0 Å². The summed E-state index contributed by atoms with van der Waals surface area (Å²) in [5, 5.41) is 11.4. The highest BCUT2D eigenvalue weighted by Gasteiger charge is 2.48. The first-order valence-electron chi connectivity index (χ1n) is 12.3. The van der Waals surface area contributed by atoms with Gasteiger partial charge in [-0.3, -0.25) is 4.79 Å². The fourth-order valence-corrected chi connectivity index (χ4v) is 6.90. The second-order valence-electron chi connectivity index (χ2n) is 10.7. The van der Waals surface area contributed by atoms with Crippen molar-refractivity contribution >= 4 is 5.91 Å². The zero-order valence-corrected chi connectivity index (χ0v) is 18.6. The molecule has 0 spiro atoms. The highest BCUT2D eigenvalue weighted by molar-refractivity contribution is 5.96. The standard InChI is InChI=1S/C24H38N4O2/c1-15(2)30-24-21(14-26-28(24)8-5-16-3-6-25-7-4-16)23(29)27-22-19-10-17-9-18(12-19)13-20(22)11-17/h14-20,22,25H,3-13H2,1-2H3,(H,27,29). The van der Waals surface area contributed by atoms with Gasteiger partial charge in [-0.1, -0.05) is 0 Å². The molecule has 2 heterocycles. The molecule has 1 aromatic rings. The lowest BCUT2D eigenvalue weighted by molar-refractivity contribution is -0.0120. The topological polar surface area (TPSA) is 68.2 Å². The van der Waals surface area contributed by atoms with Crippen molar-refractivity contribution < 1.29 is 9.53 Å². The van der Waals surface area contributed by atoms with Crippen molar-refractivity contribution in [1.29, 1.82) is 0 Å². The molecular formula is C24H38N4O2. The Kier molecular flexibility index (Phi) is 5.78. The van der Waals surface area contributed by atoms with Crippen molar-refractivity contribution in [3.05, 3.63) is 11.8 Å². The van der Waals surface area contributed by atoms with Gasteiger partial charge in [0.05, 0.1) is 12.3 Å². The largest absolute Gasteiger partial charge is 0.475 e. The Bertz CT molecular complexity index is 724. The number of nitrogens with one attached hydrogen (secondary N) is 2. The third kappa shape index (κ3) is 4.12. The van der Waals surface area contributed by atoms with Crippen LogP contribution in [0.25, 0.3) is 0 Å². The second kappa shape index (κ2) is 8.52. The van der Waals surface area contributed by atoms with E-state index in [1.807, 2.05) is 18.5 Å². The highest BCUT2D eigenvalue weighted by Crippen LogP contribution is 2.53. The van der Waals surface area contributed by atoms with Gasteiger partial charge in [0.2, 0.25) is 5.88 Å². The molecule has 6 heteroatoms. The van der Waals surface area contributed by atoms with E-state index in [0.29, 0.717) is 29.3 Å². The molecule has 4 aliphatic carbocycles. The van der Waals surface area contributed by atoms with Crippen LogP contribution in [0.15, 0.2) is 6.20 Å². The molecule has 4 saturated carbocycles. The van der Waals surface area contributed by atoms with Crippen LogP contribution in [-0.4, -0.2) is 40.9 Å². The molecular weight excluding hydrogens is 376 g/mol. The summed E-state index contributed by atoms with van der Waals surface area (Å²) in [5.41, 5.74) is 0.614. The summed E-state index contributed by atoms with van der Waals surface area (Å²) >= 11 is 0. The van der Waals surface area contributed by atoms with Crippen molar-refractivity contribution in [2.75, 3.05) is 13.1 Å². The number of aromatic nitrogens is 2. The maximum absolute atomic E-state index is 13.3. The van der Waals surface area contributed by atoms with Crippen LogP contribution >= 0.6 is 0 Å². The van der Waals surface area contributed by atoms with Gasteiger partial charge in [-0.15, -0.1) is 0 Å². The number of carbonyl (C=O) groups excluding carboxylic acids is 1. The van der Waals surface area contributed by atoms with Gasteiger partial charge in [-0.2, -0.15) is 5.10 Å². The van der Waals surface area contributed by atoms with E-state index in [2.05, 4.69) is 15.7 Å². The molecule has 0 radical (unpaired) electrons. The molecule has 4 bridgehead atoms. The molecule has 0 aromatic carbocycles. The number of hydrogen-bond acceptors (Lipinski definition) is 4. The first kappa shape index (κ1) is 20.3. The molecule has 0 unspecified atom stereocenters. The lowest BCUT2D eigenvalue weighted by atomic mass is 9.54. The van der Waals surface area contributed by atoms with E-state index < -0.39 is 0 Å². The van der Waals surface area contributed by atoms with Gasteiger partial charge < -0.3 is 15.4 Å². The zero-order chi connectivity index (χ0) is 20.7. The van der Waals surface area contributed by atoms with Gasteiger partial charge in [-0.05, 0) is 108 Å². The van der Waals surface area contributed by atoms with Crippen LogP contribution in [0.2, 0.25) is 0 Å². The van der Waals surface area contributed by atoms with Gasteiger partial charge in [0.15, 0.2) is 0 Å². The fourth-order valence-electron chi connectivity index (χ4n) is 6.90. The molecule has 6 nitrogen and oxygen atoms in total. The number of hydrogen-bond donors (Lipinski definition) is 2. The second-order valence-corrected chi connectivity index (χ2v) is 10.7. The van der Waals surface area contributed by atoms with Gasteiger partial charge in [-0.25, -0.2) is 4.68 Å². The highest BCUT2D eigenvalue weighted by atomic mass is 16.5. The number of carbonyl (C=O) groups is 1. The van der Waals surface area contributed by atoms with E-state index in [4.69, 9.17) is 4.74 Å². The maximum atomic E-state index is 13.3. The third-order valence-corrected chi connectivity index (χ3v) is 8.12. The predicted octanol–water partition coefficient (Wildman–Crippen LogP) is 3.61. The summed E-state index contributed by atoms with van der Waals surface area (Å²) in [6.45, 7) is 7.07. The Hall–Kier alpha value is -1.56. The Labute approximate surface area is 180 Å². The number of rotatable bonds is 7. The summed E-state index contributed by atoms with van der Waals surface area (Å²) < 4.78 is 8.04. The number of ether oxygens (including phenoxy) is 1. The molecule has 1 aromatic heterocycles. The van der Waals surface area contributed by atoms with Crippen LogP contribution in [-0.2, 0) is 6.54 Å². The predicted molar refractivity (Wildman–Crippen MR) is 117 cm³/mol. The third-order valence-electron chi connectivity index (χ3n) is 8.12. The van der Waals surface area contributed by atoms with Gasteiger partial charge in [0.25, 0.3) is 5.91 Å². The van der Waals surface area contributed by atoms with E-state index >= 15 is 0 Å². The van der Waals surface area contributed by atoms with Crippen molar-refractivity contribution in [2.24, 2.45) is 29.6 Å². The minimum Gasteiger partial charge on any atom is -0.475 e. The molecule has 0 atom stereocenters. The molecule has 166 valence electrons. The van der Waals surface area contributed by atoms with Crippen LogP contribution in [0.4, 0.5) is 0 Å². The lowest BCUT2D eigenvalue weighted by Gasteiger charge is -2.54. The van der Waals surface area contributed by atoms with Crippen molar-refractivity contribution in [1.82, 2.24) is 20.4 Å². The minimum atomic E-state index is 0.0104. The summed E-state index contributed by atoms with van der Waals surface area (Å²) in [5.74, 6) is 4.57. The Balaban J connectivity index is 1.28. The van der Waals surface area contributed by atoms with Crippen molar-refractivity contribution in [2.45, 2.75) is 83.9 Å². The average Bonchev–Trinajstić information content (AvgIpc) is 3.11. The minimum absolute atomic E-state index is 0.0104. The van der Waals surface area contributed by atoms with Crippen LogP contribution in [0.1, 0.15) is 75.6 Å². The average molecular weight is 415 g/mol. The van der Waals surface area contributed by atoms with Gasteiger partial charge >= 0.3 is 0 Å². The lowest BCUT2D eigenvalue weighted by Crippen LogP contribution is -2.55. The molecule has 5 aliphatic rings. The quantitative estimate of drug-likeness (QED) is 0.715. The molecule has 6 rings (SSSR count). The van der Waals surface area contributed by atoms with E-state index in [0.717, 1.165) is 43.8 Å². The maximum Gasteiger partial charge on any atom is 0.258 e. The van der Waals surface area contributed by atoms with Crippen LogP contribution in [0.5, 0.6) is 5.88 Å². The summed E-state index contributed by atoms with van der Waals surface area (Å²) in [4.78, 5) is 13.3. The molecule has 1 saturated heterocycles. The molecule has 30 heavy (non-hydrogen) atoms. The molecule has 1 aliphatic heterocycles. The molecule has 5 fully saturated rings. The Morgan fingerprint density at radius 3 is 2.47 bits per heavy atom. The van der Waals surface area contributed by atoms with Crippen LogP contribution in [0.3, 0.4) is 0 Å². The van der Waals surface area contributed by atoms with Gasteiger partial charge in [0.1, 0.15) is 5.56 Å². The number of piperidine rings is 1. The Morgan fingerprint density at radius 1 is 1.17 bits per heavy atom. The normalized spacial score (nSPS) is 33.2. The Morgan fingerprint density at radius 2 is 1.83 bits per heavy atom. The van der Waals surface area contributed by atoms with E-state index in [9.17, 15) is 4.79 Å². The summed E-state index contributed by atoms with van der Waals surface area (Å²) in [7, 11) is 0. The van der Waals surface area contributed by atoms with Gasteiger partial charge in [0, 0.05) is 12.6 Å². The SMILES string of the molecule is CC(C)Oc1c(C(=O)NC2C3CC4CC(C3)CC2C4)cnn1CCC1CCNCC1. The summed E-state index contributed by atoms with van der Waals surface area (Å²) in [6, 6.07) is 0.343. The first-order chi connectivity index (χ1) is 14.6. The number of aryl methyl sites for hydroxylation is 1. The van der Waals surface area contributed by atoms with Crippen molar-refractivity contribution in [3.63, 3.8) is 0 Å². The number of amides is 1. The molecule has 1 amide bonds. The smallest absolute Gasteiger partial charge is 0.258 e. The van der Waals surface area contributed by atoms with Crippen LogP contribution in [0, 0.1) is 29.6 Å². The fraction of sp³-hybridized carbons (Fsp3) is 0.833.